The van der Waals surface area contributed by atoms with Crippen LogP contribution in [0.4, 0.5) is 14.6 Å². The number of hydrogen-bond donors (Lipinski definition) is 2. The van der Waals surface area contributed by atoms with E-state index in [9.17, 15) is 8.78 Å². The average molecular weight is 198 g/mol. The van der Waals surface area contributed by atoms with Crippen LogP contribution in [-0.2, 0) is 6.54 Å². The van der Waals surface area contributed by atoms with Crippen molar-refractivity contribution in [2.75, 3.05) is 5.73 Å². The highest BCUT2D eigenvalue weighted by Gasteiger charge is 2.18. The molecule has 4 nitrogen and oxygen atoms in total. The summed E-state index contributed by atoms with van der Waals surface area (Å²) in [6, 6.07) is 2.94. The van der Waals surface area contributed by atoms with E-state index in [1.165, 1.54) is 6.07 Å². The first-order valence-electron chi connectivity index (χ1n) is 3.77. The van der Waals surface area contributed by atoms with Gasteiger partial charge in [0.05, 0.1) is 5.56 Å². The van der Waals surface area contributed by atoms with Gasteiger partial charge < -0.3 is 11.5 Å². The number of nitriles is 1. The Kier molecular flexibility index (Phi) is 2.94. The summed E-state index contributed by atoms with van der Waals surface area (Å²) in [7, 11) is 0. The van der Waals surface area contributed by atoms with E-state index < -0.39 is 6.43 Å². The predicted molar refractivity (Wildman–Crippen MR) is 46.2 cm³/mol. The molecule has 0 radical (unpaired) electrons. The van der Waals surface area contributed by atoms with E-state index >= 15 is 0 Å². The van der Waals surface area contributed by atoms with Crippen LogP contribution in [0.2, 0.25) is 0 Å². The molecule has 0 aliphatic carbocycles. The van der Waals surface area contributed by atoms with E-state index in [1.54, 1.807) is 6.07 Å². The monoisotopic (exact) mass is 198 g/mol. The number of nitrogens with two attached hydrogens (primary N) is 2. The molecule has 0 bridgehead atoms. The Morgan fingerprint density at radius 3 is 2.64 bits per heavy atom. The molecule has 0 aromatic carbocycles. The summed E-state index contributed by atoms with van der Waals surface area (Å²) in [6.07, 6.45) is -2.73. The van der Waals surface area contributed by atoms with Gasteiger partial charge in [-0.1, -0.05) is 0 Å². The second-order valence-corrected chi connectivity index (χ2v) is 2.58. The van der Waals surface area contributed by atoms with E-state index in [2.05, 4.69) is 4.98 Å². The summed E-state index contributed by atoms with van der Waals surface area (Å²) in [5.41, 5.74) is 10.3. The van der Waals surface area contributed by atoms with Crippen LogP contribution in [-0.4, -0.2) is 4.98 Å². The number of nitrogen functional groups attached to an aromatic ring is 1. The SMILES string of the molecule is N#Cc1cc(CN)c(C(F)F)c(N)n1. The van der Waals surface area contributed by atoms with E-state index in [0.29, 0.717) is 0 Å². The van der Waals surface area contributed by atoms with Crippen LogP contribution in [0.3, 0.4) is 0 Å². The lowest BCUT2D eigenvalue weighted by Crippen LogP contribution is -2.08. The summed E-state index contributed by atoms with van der Waals surface area (Å²) in [5, 5.41) is 8.52. The van der Waals surface area contributed by atoms with E-state index in [1.807, 2.05) is 0 Å². The molecule has 1 aromatic rings. The maximum atomic E-state index is 12.5. The van der Waals surface area contributed by atoms with Crippen molar-refractivity contribution < 1.29 is 8.78 Å². The number of rotatable bonds is 2. The molecular formula is C8H8F2N4. The lowest BCUT2D eigenvalue weighted by atomic mass is 10.1. The second-order valence-electron chi connectivity index (χ2n) is 2.58. The van der Waals surface area contributed by atoms with Gasteiger partial charge in [0.15, 0.2) is 0 Å². The molecule has 0 saturated heterocycles. The van der Waals surface area contributed by atoms with Crippen LogP contribution >= 0.6 is 0 Å². The molecule has 1 heterocycles. The first-order chi connectivity index (χ1) is 6.60. The normalized spacial score (nSPS) is 10.2. The molecule has 0 unspecified atom stereocenters. The van der Waals surface area contributed by atoms with Crippen LogP contribution in [0.25, 0.3) is 0 Å². The van der Waals surface area contributed by atoms with Gasteiger partial charge in [-0.25, -0.2) is 13.8 Å². The van der Waals surface area contributed by atoms with Gasteiger partial charge in [0.1, 0.15) is 17.6 Å². The lowest BCUT2D eigenvalue weighted by molar-refractivity contribution is 0.150. The van der Waals surface area contributed by atoms with Crippen LogP contribution in [0.5, 0.6) is 0 Å². The Hall–Kier alpha value is -1.74. The molecule has 74 valence electrons. The zero-order valence-corrected chi connectivity index (χ0v) is 7.17. The third kappa shape index (κ3) is 1.78. The Labute approximate surface area is 79.1 Å². The molecular weight excluding hydrogens is 190 g/mol. The Bertz CT molecular complexity index is 384. The van der Waals surface area contributed by atoms with E-state index in [-0.39, 0.29) is 29.2 Å². The van der Waals surface area contributed by atoms with Gasteiger partial charge in [0.2, 0.25) is 0 Å². The van der Waals surface area contributed by atoms with E-state index in [0.717, 1.165) is 0 Å². The fourth-order valence-electron chi connectivity index (χ4n) is 1.11. The van der Waals surface area contributed by atoms with Crippen LogP contribution in [0.1, 0.15) is 23.2 Å². The van der Waals surface area contributed by atoms with Gasteiger partial charge in [-0.2, -0.15) is 5.26 Å². The summed E-state index contributed by atoms with van der Waals surface area (Å²) in [6.45, 7) is -0.0962. The number of nitrogens with zero attached hydrogens (tertiary/aromatic N) is 2. The fourth-order valence-corrected chi connectivity index (χ4v) is 1.11. The number of alkyl halides is 2. The molecule has 14 heavy (non-hydrogen) atoms. The van der Waals surface area contributed by atoms with Gasteiger partial charge in [-0.05, 0) is 11.6 Å². The number of anilines is 1. The number of pyridine rings is 1. The maximum absolute atomic E-state index is 12.5. The first kappa shape index (κ1) is 10.3. The fraction of sp³-hybridized carbons (Fsp3) is 0.250. The van der Waals surface area contributed by atoms with Gasteiger partial charge in [0.25, 0.3) is 6.43 Å². The number of hydrogen-bond acceptors (Lipinski definition) is 4. The summed E-state index contributed by atoms with van der Waals surface area (Å²) < 4.78 is 24.9. The maximum Gasteiger partial charge on any atom is 0.267 e. The van der Waals surface area contributed by atoms with Gasteiger partial charge >= 0.3 is 0 Å². The predicted octanol–water partition coefficient (Wildman–Crippen LogP) is 0.932. The lowest BCUT2D eigenvalue weighted by Gasteiger charge is -2.09. The highest BCUT2D eigenvalue weighted by Crippen LogP contribution is 2.27. The zero-order chi connectivity index (χ0) is 10.7. The molecule has 1 aromatic heterocycles. The Balaban J connectivity index is 3.36. The van der Waals surface area contributed by atoms with Crippen molar-refractivity contribution in [1.29, 1.82) is 5.26 Å². The molecule has 0 amide bonds. The van der Waals surface area contributed by atoms with Crippen molar-refractivity contribution in [3.8, 4) is 6.07 Å². The topological polar surface area (TPSA) is 88.7 Å². The smallest absolute Gasteiger partial charge is 0.267 e. The van der Waals surface area contributed by atoms with Crippen LogP contribution in [0, 0.1) is 11.3 Å². The van der Waals surface area contributed by atoms with Crippen molar-refractivity contribution in [3.63, 3.8) is 0 Å². The molecule has 0 aliphatic heterocycles. The van der Waals surface area contributed by atoms with E-state index in [4.69, 9.17) is 16.7 Å². The van der Waals surface area contributed by atoms with Gasteiger partial charge in [0, 0.05) is 6.54 Å². The summed E-state index contributed by atoms with van der Waals surface area (Å²) in [5.74, 6) is -0.334. The standard InChI is InChI=1S/C8H8F2N4/c9-7(10)6-4(2-11)1-5(3-12)14-8(6)13/h1,7H,2,11H2,(H2,13,14). The van der Waals surface area contributed by atoms with Crippen molar-refractivity contribution in [1.82, 2.24) is 4.98 Å². The van der Waals surface area contributed by atoms with Crippen molar-refractivity contribution in [3.05, 3.63) is 22.9 Å². The van der Waals surface area contributed by atoms with Crippen molar-refractivity contribution in [2.24, 2.45) is 5.73 Å². The highest BCUT2D eigenvalue weighted by molar-refractivity contribution is 5.49. The molecule has 0 saturated carbocycles. The number of aromatic nitrogens is 1. The zero-order valence-electron chi connectivity index (χ0n) is 7.17. The van der Waals surface area contributed by atoms with Crippen LogP contribution in [0.15, 0.2) is 6.07 Å². The summed E-state index contributed by atoms with van der Waals surface area (Å²) in [4.78, 5) is 3.50. The quantitative estimate of drug-likeness (QED) is 0.739. The second kappa shape index (κ2) is 3.98. The molecule has 0 atom stereocenters. The molecule has 6 heteroatoms. The molecule has 0 aliphatic rings. The minimum absolute atomic E-state index is 0.00708. The largest absolute Gasteiger partial charge is 0.383 e. The van der Waals surface area contributed by atoms with Crippen LogP contribution < -0.4 is 11.5 Å². The van der Waals surface area contributed by atoms with Crippen molar-refractivity contribution in [2.45, 2.75) is 13.0 Å². The third-order valence-electron chi connectivity index (χ3n) is 1.73. The molecule has 4 N–H and O–H groups in total. The first-order valence-corrected chi connectivity index (χ1v) is 3.77. The van der Waals surface area contributed by atoms with Gasteiger partial charge in [-0.15, -0.1) is 0 Å². The highest BCUT2D eigenvalue weighted by atomic mass is 19.3. The third-order valence-corrected chi connectivity index (χ3v) is 1.73. The number of halogens is 2. The molecule has 1 rings (SSSR count). The average Bonchev–Trinajstić information content (AvgIpc) is 2.15. The Morgan fingerprint density at radius 2 is 2.21 bits per heavy atom. The van der Waals surface area contributed by atoms with Crippen molar-refractivity contribution >= 4 is 5.82 Å². The van der Waals surface area contributed by atoms with Gasteiger partial charge in [-0.3, -0.25) is 0 Å². The minimum Gasteiger partial charge on any atom is -0.383 e. The summed E-state index contributed by atoms with van der Waals surface area (Å²) >= 11 is 0. The molecule has 0 spiro atoms. The molecule has 0 fully saturated rings. The minimum atomic E-state index is -2.73. The Morgan fingerprint density at radius 1 is 1.57 bits per heavy atom.